The van der Waals surface area contributed by atoms with E-state index >= 15 is 0 Å². The maximum absolute atomic E-state index is 13.4. The zero-order valence-corrected chi connectivity index (χ0v) is 16.6. The van der Waals surface area contributed by atoms with Crippen LogP contribution in [0.5, 0.6) is 11.5 Å². The van der Waals surface area contributed by atoms with E-state index in [1.165, 1.54) is 12.8 Å². The second-order valence-electron chi connectivity index (χ2n) is 6.77. The highest BCUT2D eigenvalue weighted by Crippen LogP contribution is 2.52. The molecule has 0 amide bonds. The summed E-state index contributed by atoms with van der Waals surface area (Å²) in [5.41, 5.74) is 0. The Morgan fingerprint density at radius 3 is 2.07 bits per heavy atom. The van der Waals surface area contributed by atoms with Crippen molar-refractivity contribution in [3.8, 4) is 11.5 Å². The standard InChI is InChI=1S/C22H27O4P/c1-2-3-11-19-12-10-17-22(18-19)26-27(23,24-20-13-6-4-7-14-20)25-21-15-8-5-9-16-21/h4-9,13-16,18-19H,2-3,10-12,17H2,1H3. The van der Waals surface area contributed by atoms with E-state index in [2.05, 4.69) is 13.0 Å². The highest BCUT2D eigenvalue weighted by atomic mass is 31.2. The quantitative estimate of drug-likeness (QED) is 0.430. The van der Waals surface area contributed by atoms with E-state index in [1.807, 2.05) is 36.4 Å². The van der Waals surface area contributed by atoms with Crippen molar-refractivity contribution < 1.29 is 18.1 Å². The molecule has 0 N–H and O–H groups in total. The van der Waals surface area contributed by atoms with Gasteiger partial charge >= 0.3 is 7.82 Å². The Kier molecular flexibility index (Phi) is 7.00. The Balaban J connectivity index is 1.78. The summed E-state index contributed by atoms with van der Waals surface area (Å²) in [4.78, 5) is 0. The zero-order valence-electron chi connectivity index (χ0n) is 15.8. The number of benzene rings is 2. The number of phosphoric ester groups is 1. The fourth-order valence-corrected chi connectivity index (χ4v) is 4.47. The molecule has 4 nitrogen and oxygen atoms in total. The molecule has 2 aromatic rings. The van der Waals surface area contributed by atoms with Gasteiger partial charge in [-0.3, -0.25) is 0 Å². The third kappa shape index (κ3) is 6.18. The molecule has 0 radical (unpaired) electrons. The Morgan fingerprint density at radius 1 is 0.926 bits per heavy atom. The molecule has 2 aromatic carbocycles. The lowest BCUT2D eigenvalue weighted by Crippen LogP contribution is -2.10. The van der Waals surface area contributed by atoms with Gasteiger partial charge < -0.3 is 13.6 Å². The van der Waals surface area contributed by atoms with Gasteiger partial charge in [-0.2, -0.15) is 4.57 Å². The number of rotatable bonds is 9. The fraction of sp³-hybridized carbons (Fsp3) is 0.364. The summed E-state index contributed by atoms with van der Waals surface area (Å²) in [7, 11) is -3.85. The summed E-state index contributed by atoms with van der Waals surface area (Å²) in [6.07, 6.45) is 8.53. The van der Waals surface area contributed by atoms with Crippen molar-refractivity contribution in [2.24, 2.45) is 5.92 Å². The van der Waals surface area contributed by atoms with Gasteiger partial charge in [0.15, 0.2) is 0 Å². The summed E-state index contributed by atoms with van der Waals surface area (Å²) in [5, 5.41) is 0. The van der Waals surface area contributed by atoms with Gasteiger partial charge in [-0.25, -0.2) is 0 Å². The molecule has 0 saturated carbocycles. The van der Waals surface area contributed by atoms with Crippen LogP contribution in [-0.4, -0.2) is 0 Å². The van der Waals surface area contributed by atoms with Gasteiger partial charge in [0.25, 0.3) is 0 Å². The molecule has 1 aliphatic rings. The SMILES string of the molecule is CCCCC1C=C(OP(=O)(Oc2ccccc2)Oc2ccccc2)CCC1. The molecule has 0 aliphatic heterocycles. The monoisotopic (exact) mass is 386 g/mol. The third-order valence-corrected chi connectivity index (χ3v) is 5.83. The molecule has 0 bridgehead atoms. The molecule has 1 aliphatic carbocycles. The van der Waals surface area contributed by atoms with Crippen LogP contribution in [0.15, 0.2) is 72.5 Å². The van der Waals surface area contributed by atoms with Crippen LogP contribution in [0.3, 0.4) is 0 Å². The normalized spacial score (nSPS) is 17.1. The molecule has 0 spiro atoms. The van der Waals surface area contributed by atoms with E-state index in [0.29, 0.717) is 23.2 Å². The first kappa shape index (κ1) is 19.6. The number of hydrogen-bond donors (Lipinski definition) is 0. The second-order valence-corrected chi connectivity index (χ2v) is 8.22. The average molecular weight is 386 g/mol. The molecule has 0 aromatic heterocycles. The number of unbranched alkanes of at least 4 members (excludes halogenated alkanes) is 1. The first-order chi connectivity index (χ1) is 13.2. The molecule has 27 heavy (non-hydrogen) atoms. The van der Waals surface area contributed by atoms with E-state index in [-0.39, 0.29) is 0 Å². The molecule has 5 heteroatoms. The summed E-state index contributed by atoms with van der Waals surface area (Å²) < 4.78 is 30.7. The van der Waals surface area contributed by atoms with Crippen LogP contribution in [-0.2, 0) is 9.09 Å². The Labute approximate surface area is 161 Å². The lowest BCUT2D eigenvalue weighted by molar-refractivity contribution is 0.241. The lowest BCUT2D eigenvalue weighted by atomic mass is 9.90. The van der Waals surface area contributed by atoms with Crippen LogP contribution in [0.2, 0.25) is 0 Å². The van der Waals surface area contributed by atoms with Gasteiger partial charge in [-0.15, -0.1) is 0 Å². The highest BCUT2D eigenvalue weighted by Gasteiger charge is 2.34. The maximum atomic E-state index is 13.4. The minimum Gasteiger partial charge on any atom is -0.391 e. The van der Waals surface area contributed by atoms with Crippen molar-refractivity contribution in [1.82, 2.24) is 0 Å². The van der Waals surface area contributed by atoms with Gasteiger partial charge in [-0.1, -0.05) is 56.2 Å². The fourth-order valence-electron chi connectivity index (χ4n) is 3.16. The Hall–Kier alpha value is -2.19. The van der Waals surface area contributed by atoms with Gasteiger partial charge in [0.1, 0.15) is 17.3 Å². The van der Waals surface area contributed by atoms with E-state index in [1.54, 1.807) is 24.3 Å². The van der Waals surface area contributed by atoms with Crippen molar-refractivity contribution in [3.63, 3.8) is 0 Å². The van der Waals surface area contributed by atoms with Crippen LogP contribution in [0, 0.1) is 5.92 Å². The van der Waals surface area contributed by atoms with Crippen molar-refractivity contribution in [2.45, 2.75) is 45.4 Å². The molecule has 0 fully saturated rings. The van der Waals surface area contributed by atoms with Crippen LogP contribution >= 0.6 is 7.82 Å². The van der Waals surface area contributed by atoms with Gasteiger partial charge in [0.2, 0.25) is 0 Å². The highest BCUT2D eigenvalue weighted by molar-refractivity contribution is 7.49. The molecular formula is C22H27O4P. The van der Waals surface area contributed by atoms with E-state index in [0.717, 1.165) is 25.7 Å². The minimum atomic E-state index is -3.85. The first-order valence-corrected chi connectivity index (χ1v) is 11.1. The van der Waals surface area contributed by atoms with Gasteiger partial charge in [0.05, 0.1) is 0 Å². The Bertz CT molecular complexity index is 728. The van der Waals surface area contributed by atoms with Gasteiger partial charge in [-0.05, 0) is 55.5 Å². The first-order valence-electron chi connectivity index (χ1n) is 9.66. The van der Waals surface area contributed by atoms with Crippen LogP contribution < -0.4 is 9.05 Å². The average Bonchev–Trinajstić information content (AvgIpc) is 2.68. The topological polar surface area (TPSA) is 44.8 Å². The number of hydrogen-bond acceptors (Lipinski definition) is 4. The van der Waals surface area contributed by atoms with Crippen molar-refractivity contribution >= 4 is 7.82 Å². The summed E-state index contributed by atoms with van der Waals surface area (Å²) in [5.74, 6) is 2.08. The molecule has 1 atom stereocenters. The van der Waals surface area contributed by atoms with E-state index in [4.69, 9.17) is 13.6 Å². The summed E-state index contributed by atoms with van der Waals surface area (Å²) >= 11 is 0. The van der Waals surface area contributed by atoms with Crippen molar-refractivity contribution in [2.75, 3.05) is 0 Å². The maximum Gasteiger partial charge on any atom is 0.646 e. The number of para-hydroxylation sites is 2. The van der Waals surface area contributed by atoms with Crippen LogP contribution in [0.4, 0.5) is 0 Å². The lowest BCUT2D eigenvalue weighted by Gasteiger charge is -2.25. The van der Waals surface area contributed by atoms with Crippen molar-refractivity contribution in [3.05, 3.63) is 72.5 Å². The summed E-state index contributed by atoms with van der Waals surface area (Å²) in [6, 6.07) is 18.0. The Morgan fingerprint density at radius 2 is 1.52 bits per heavy atom. The summed E-state index contributed by atoms with van der Waals surface area (Å²) in [6.45, 7) is 2.19. The predicted molar refractivity (Wildman–Crippen MR) is 108 cm³/mol. The number of allylic oxidation sites excluding steroid dienone is 2. The van der Waals surface area contributed by atoms with E-state index < -0.39 is 7.82 Å². The minimum absolute atomic E-state index is 0.454. The smallest absolute Gasteiger partial charge is 0.391 e. The molecule has 144 valence electrons. The molecule has 3 rings (SSSR count). The second kappa shape index (κ2) is 9.66. The molecule has 0 heterocycles. The van der Waals surface area contributed by atoms with Crippen LogP contribution in [0.25, 0.3) is 0 Å². The molecular weight excluding hydrogens is 359 g/mol. The molecule has 0 saturated heterocycles. The van der Waals surface area contributed by atoms with Crippen molar-refractivity contribution in [1.29, 1.82) is 0 Å². The number of phosphoric acid groups is 1. The largest absolute Gasteiger partial charge is 0.646 e. The van der Waals surface area contributed by atoms with Crippen LogP contribution in [0.1, 0.15) is 45.4 Å². The molecule has 1 unspecified atom stereocenters. The third-order valence-electron chi connectivity index (χ3n) is 4.50. The zero-order chi connectivity index (χ0) is 19.0. The van der Waals surface area contributed by atoms with Gasteiger partial charge in [0, 0.05) is 6.42 Å². The van der Waals surface area contributed by atoms with E-state index in [9.17, 15) is 4.57 Å². The predicted octanol–water partition coefficient (Wildman–Crippen LogP) is 7.14.